The van der Waals surface area contributed by atoms with Crippen molar-refractivity contribution in [3.05, 3.63) is 12.2 Å². The quantitative estimate of drug-likeness (QED) is 0.439. The monoisotopic (exact) mass is 392 g/mol. The molecule has 2 saturated carbocycles. The van der Waals surface area contributed by atoms with Crippen molar-refractivity contribution in [2.24, 2.45) is 35.5 Å². The molecule has 0 aromatic heterocycles. The number of carbonyl (C=O) groups excluding carboxylic acids is 2. The molecule has 1 unspecified atom stereocenters. The number of hydrogen-bond acceptors (Lipinski definition) is 4. The SMILES string of the molecule is CC(C)[C@H]1CC[C@H](C)CC1OC(=O)/C=C/C(=O)O[C@H]1C[C@@H](C)CC[C@@H]1C(C)C. The molecule has 0 saturated heterocycles. The van der Waals surface area contributed by atoms with Crippen LogP contribution in [0, 0.1) is 35.5 Å². The van der Waals surface area contributed by atoms with Crippen molar-refractivity contribution in [3.8, 4) is 0 Å². The molecule has 0 aromatic carbocycles. The van der Waals surface area contributed by atoms with E-state index in [2.05, 4.69) is 41.5 Å². The van der Waals surface area contributed by atoms with E-state index in [-0.39, 0.29) is 12.2 Å². The average molecular weight is 393 g/mol. The highest BCUT2D eigenvalue weighted by Gasteiger charge is 2.34. The third-order valence-electron chi connectivity index (χ3n) is 6.81. The van der Waals surface area contributed by atoms with E-state index in [4.69, 9.17) is 9.47 Å². The second kappa shape index (κ2) is 10.5. The molecule has 2 aliphatic rings. The van der Waals surface area contributed by atoms with Crippen LogP contribution in [-0.4, -0.2) is 24.1 Å². The lowest BCUT2D eigenvalue weighted by atomic mass is 9.75. The molecular weight excluding hydrogens is 352 g/mol. The average Bonchev–Trinajstić information content (AvgIpc) is 2.59. The van der Waals surface area contributed by atoms with Gasteiger partial charge in [0.25, 0.3) is 0 Å². The predicted octanol–water partition coefficient (Wildman–Crippen LogP) is 5.55. The first-order valence-electron chi connectivity index (χ1n) is 11.3. The summed E-state index contributed by atoms with van der Waals surface area (Å²) >= 11 is 0. The third kappa shape index (κ3) is 6.63. The van der Waals surface area contributed by atoms with Crippen LogP contribution in [0.4, 0.5) is 0 Å². The van der Waals surface area contributed by atoms with E-state index >= 15 is 0 Å². The minimum Gasteiger partial charge on any atom is -0.459 e. The van der Waals surface area contributed by atoms with E-state index in [9.17, 15) is 9.59 Å². The van der Waals surface area contributed by atoms with Crippen molar-refractivity contribution in [1.29, 1.82) is 0 Å². The Morgan fingerprint density at radius 1 is 0.714 bits per heavy atom. The summed E-state index contributed by atoms with van der Waals surface area (Å²) in [6.45, 7) is 13.2. The molecule has 0 bridgehead atoms. The van der Waals surface area contributed by atoms with Gasteiger partial charge in [0.15, 0.2) is 0 Å². The maximum atomic E-state index is 12.3. The van der Waals surface area contributed by atoms with Crippen LogP contribution in [0.25, 0.3) is 0 Å². The molecule has 0 amide bonds. The molecule has 2 rings (SSSR count). The molecule has 0 heterocycles. The molecular formula is C24H40O4. The predicted molar refractivity (Wildman–Crippen MR) is 112 cm³/mol. The summed E-state index contributed by atoms with van der Waals surface area (Å²) in [4.78, 5) is 24.6. The number of rotatable bonds is 6. The van der Waals surface area contributed by atoms with Crippen LogP contribution in [0.5, 0.6) is 0 Å². The van der Waals surface area contributed by atoms with Crippen LogP contribution < -0.4 is 0 Å². The minimum atomic E-state index is -0.431. The van der Waals surface area contributed by atoms with Gasteiger partial charge in [-0.1, -0.05) is 54.4 Å². The van der Waals surface area contributed by atoms with Gasteiger partial charge in [0.05, 0.1) is 0 Å². The fraction of sp³-hybridized carbons (Fsp3) is 0.833. The normalized spacial score (nSPS) is 34.0. The first kappa shape index (κ1) is 23.0. The summed E-state index contributed by atoms with van der Waals surface area (Å²) in [6.07, 6.45) is 8.77. The maximum absolute atomic E-state index is 12.3. The molecule has 160 valence electrons. The Bertz CT molecular complexity index is 503. The number of esters is 2. The van der Waals surface area contributed by atoms with Gasteiger partial charge in [0, 0.05) is 12.2 Å². The highest BCUT2D eigenvalue weighted by atomic mass is 16.5. The highest BCUT2D eigenvalue weighted by Crippen LogP contribution is 2.36. The first-order valence-corrected chi connectivity index (χ1v) is 11.3. The topological polar surface area (TPSA) is 52.6 Å². The molecule has 0 N–H and O–H groups in total. The Morgan fingerprint density at radius 2 is 1.07 bits per heavy atom. The van der Waals surface area contributed by atoms with Crippen molar-refractivity contribution in [3.63, 3.8) is 0 Å². The van der Waals surface area contributed by atoms with E-state index in [0.717, 1.165) is 25.7 Å². The second-order valence-electron chi connectivity index (χ2n) is 9.94. The van der Waals surface area contributed by atoms with E-state index < -0.39 is 11.9 Å². The summed E-state index contributed by atoms with van der Waals surface area (Å²) in [6, 6.07) is 0. The van der Waals surface area contributed by atoms with Crippen LogP contribution in [0.1, 0.15) is 80.1 Å². The molecule has 4 nitrogen and oxygen atoms in total. The second-order valence-corrected chi connectivity index (χ2v) is 9.94. The zero-order valence-electron chi connectivity index (χ0n) is 18.6. The standard InChI is InChI=1S/C24H40O4/c1-15(2)19-9-7-17(5)13-21(19)27-23(25)11-12-24(26)28-22-14-18(6)8-10-20(22)16(3)4/h11-12,15-22H,7-10,13-14H2,1-6H3/b12-11+/t17-,18-,19+,20+,21-,22?/m0/s1. The molecule has 0 spiro atoms. The van der Waals surface area contributed by atoms with Crippen molar-refractivity contribution in [2.45, 2.75) is 92.3 Å². The maximum Gasteiger partial charge on any atom is 0.331 e. The Morgan fingerprint density at radius 3 is 1.39 bits per heavy atom. The Balaban J connectivity index is 1.89. The summed E-state index contributed by atoms with van der Waals surface area (Å²) in [5, 5.41) is 0. The van der Waals surface area contributed by atoms with Gasteiger partial charge >= 0.3 is 11.9 Å². The zero-order chi connectivity index (χ0) is 20.8. The van der Waals surface area contributed by atoms with Crippen LogP contribution in [0.2, 0.25) is 0 Å². The minimum absolute atomic E-state index is 0.0542. The first-order chi connectivity index (χ1) is 13.2. The van der Waals surface area contributed by atoms with Gasteiger partial charge in [-0.3, -0.25) is 0 Å². The number of ether oxygens (including phenoxy) is 2. The lowest BCUT2D eigenvalue weighted by molar-refractivity contribution is -0.152. The van der Waals surface area contributed by atoms with Gasteiger partial charge in [-0.25, -0.2) is 9.59 Å². The fourth-order valence-corrected chi connectivity index (χ4v) is 5.01. The Kier molecular flexibility index (Phi) is 8.57. The van der Waals surface area contributed by atoms with Crippen LogP contribution in [0.3, 0.4) is 0 Å². The lowest BCUT2D eigenvalue weighted by Crippen LogP contribution is -2.36. The van der Waals surface area contributed by atoms with E-state index in [1.165, 1.54) is 25.0 Å². The van der Waals surface area contributed by atoms with Gasteiger partial charge in [-0.15, -0.1) is 0 Å². The van der Waals surface area contributed by atoms with Crippen molar-refractivity contribution in [2.75, 3.05) is 0 Å². The van der Waals surface area contributed by atoms with Gasteiger partial charge in [-0.05, 0) is 61.2 Å². The Hall–Kier alpha value is -1.32. The molecule has 0 aliphatic heterocycles. The largest absolute Gasteiger partial charge is 0.459 e. The zero-order valence-corrected chi connectivity index (χ0v) is 18.6. The van der Waals surface area contributed by atoms with E-state index in [1.807, 2.05) is 0 Å². The molecule has 2 aliphatic carbocycles. The van der Waals surface area contributed by atoms with Crippen molar-refractivity contribution in [1.82, 2.24) is 0 Å². The van der Waals surface area contributed by atoms with Crippen molar-refractivity contribution < 1.29 is 19.1 Å². The van der Waals surface area contributed by atoms with E-state index in [1.54, 1.807) is 0 Å². The lowest BCUT2D eigenvalue weighted by Gasteiger charge is -2.36. The van der Waals surface area contributed by atoms with Crippen LogP contribution in [0.15, 0.2) is 12.2 Å². The summed E-state index contributed by atoms with van der Waals surface area (Å²) in [5.41, 5.74) is 0. The van der Waals surface area contributed by atoms with Gasteiger partial charge in [0.2, 0.25) is 0 Å². The van der Waals surface area contributed by atoms with Crippen LogP contribution in [-0.2, 0) is 19.1 Å². The number of hydrogen-bond donors (Lipinski definition) is 0. The van der Waals surface area contributed by atoms with Crippen molar-refractivity contribution >= 4 is 11.9 Å². The summed E-state index contributed by atoms with van der Waals surface area (Å²) in [7, 11) is 0. The highest BCUT2D eigenvalue weighted by molar-refractivity contribution is 5.91. The molecule has 0 radical (unpaired) electrons. The van der Waals surface area contributed by atoms with Crippen LogP contribution >= 0.6 is 0 Å². The van der Waals surface area contributed by atoms with Gasteiger partial charge in [-0.2, -0.15) is 0 Å². The van der Waals surface area contributed by atoms with E-state index in [0.29, 0.717) is 35.5 Å². The fourth-order valence-electron chi connectivity index (χ4n) is 5.01. The molecule has 28 heavy (non-hydrogen) atoms. The molecule has 6 atom stereocenters. The number of carbonyl (C=O) groups is 2. The molecule has 4 heteroatoms. The summed E-state index contributed by atoms with van der Waals surface area (Å²) < 4.78 is 11.4. The summed E-state index contributed by atoms with van der Waals surface area (Å²) in [5.74, 6) is 2.05. The molecule has 0 aromatic rings. The Labute approximate surface area is 171 Å². The smallest absolute Gasteiger partial charge is 0.331 e. The van der Waals surface area contributed by atoms with Gasteiger partial charge in [0.1, 0.15) is 12.2 Å². The molecule has 2 fully saturated rings. The van der Waals surface area contributed by atoms with Gasteiger partial charge < -0.3 is 9.47 Å². The third-order valence-corrected chi connectivity index (χ3v) is 6.81.